The zero-order valence-electron chi connectivity index (χ0n) is 9.77. The van der Waals surface area contributed by atoms with Gasteiger partial charge in [-0.05, 0) is 19.3 Å². The topological polar surface area (TPSA) is 66.6 Å². The van der Waals surface area contributed by atoms with Crippen molar-refractivity contribution < 1.29 is 9.90 Å². The van der Waals surface area contributed by atoms with Gasteiger partial charge in [0.15, 0.2) is 0 Å². The number of amides is 1. The average molecular weight is 226 g/mol. The van der Waals surface area contributed by atoms with Crippen LogP contribution >= 0.6 is 0 Å². The molecule has 16 heavy (non-hydrogen) atoms. The largest absolute Gasteiger partial charge is 0.391 e. The predicted octanol–water partition coefficient (Wildman–Crippen LogP) is 0.487. The van der Waals surface area contributed by atoms with Crippen molar-refractivity contribution in [2.24, 2.45) is 11.7 Å². The fourth-order valence-electron chi connectivity index (χ4n) is 2.82. The van der Waals surface area contributed by atoms with Crippen molar-refractivity contribution >= 4 is 5.91 Å². The summed E-state index contributed by atoms with van der Waals surface area (Å²) in [6, 6.07) is 0.0211. The van der Waals surface area contributed by atoms with Crippen LogP contribution in [0.15, 0.2) is 0 Å². The van der Waals surface area contributed by atoms with Crippen LogP contribution in [0, 0.1) is 5.92 Å². The highest BCUT2D eigenvalue weighted by molar-refractivity contribution is 5.80. The van der Waals surface area contributed by atoms with Crippen molar-refractivity contribution in [1.29, 1.82) is 0 Å². The van der Waals surface area contributed by atoms with E-state index in [-0.39, 0.29) is 24.0 Å². The first-order valence-corrected chi connectivity index (χ1v) is 6.41. The summed E-state index contributed by atoms with van der Waals surface area (Å²) < 4.78 is 0. The van der Waals surface area contributed by atoms with Crippen molar-refractivity contribution in [3.8, 4) is 0 Å². The minimum atomic E-state index is -0.328. The van der Waals surface area contributed by atoms with Crippen LogP contribution in [0.3, 0.4) is 0 Å². The van der Waals surface area contributed by atoms with E-state index in [0.717, 1.165) is 25.7 Å². The number of β-amino-alcohol motifs (C(OH)–C–C–N with tert-alkyl or cyclic N) is 1. The summed E-state index contributed by atoms with van der Waals surface area (Å²) in [5, 5.41) is 9.44. The molecule has 0 aromatic carbocycles. The van der Waals surface area contributed by atoms with Crippen LogP contribution in [0.2, 0.25) is 0 Å². The number of carbonyl (C=O) groups excluding carboxylic acids is 1. The highest BCUT2D eigenvalue weighted by Gasteiger charge is 2.33. The molecule has 2 fully saturated rings. The van der Waals surface area contributed by atoms with E-state index in [2.05, 4.69) is 0 Å². The minimum Gasteiger partial charge on any atom is -0.391 e. The Morgan fingerprint density at radius 1 is 1.19 bits per heavy atom. The summed E-state index contributed by atoms with van der Waals surface area (Å²) in [7, 11) is 0. The number of aliphatic hydroxyl groups is 1. The Balaban J connectivity index is 1.96. The molecule has 4 heteroatoms. The number of hydrogen-bond acceptors (Lipinski definition) is 3. The SMILES string of the molecule is NC1CCCCCC1C(=O)N1CC[C@H](O)C1. The third-order valence-electron chi connectivity index (χ3n) is 3.86. The van der Waals surface area contributed by atoms with Crippen LogP contribution < -0.4 is 5.73 Å². The number of likely N-dealkylation sites (tertiary alicyclic amines) is 1. The maximum absolute atomic E-state index is 12.2. The maximum Gasteiger partial charge on any atom is 0.227 e. The van der Waals surface area contributed by atoms with Gasteiger partial charge in [0.25, 0.3) is 0 Å². The Bertz CT molecular complexity index is 257. The van der Waals surface area contributed by atoms with Crippen LogP contribution in [0.1, 0.15) is 38.5 Å². The van der Waals surface area contributed by atoms with Gasteiger partial charge in [-0.25, -0.2) is 0 Å². The number of hydrogen-bond donors (Lipinski definition) is 2. The first-order valence-electron chi connectivity index (χ1n) is 6.41. The van der Waals surface area contributed by atoms with Gasteiger partial charge in [0.2, 0.25) is 5.91 Å². The highest BCUT2D eigenvalue weighted by Crippen LogP contribution is 2.25. The molecule has 1 amide bonds. The van der Waals surface area contributed by atoms with E-state index in [1.165, 1.54) is 6.42 Å². The molecule has 2 rings (SSSR count). The monoisotopic (exact) mass is 226 g/mol. The van der Waals surface area contributed by atoms with Gasteiger partial charge in [0.05, 0.1) is 12.0 Å². The normalized spacial score (nSPS) is 36.1. The molecule has 4 nitrogen and oxygen atoms in total. The van der Waals surface area contributed by atoms with E-state index in [0.29, 0.717) is 19.5 Å². The number of carbonyl (C=O) groups is 1. The quantitative estimate of drug-likeness (QED) is 0.639. The fraction of sp³-hybridized carbons (Fsp3) is 0.917. The second-order valence-electron chi connectivity index (χ2n) is 5.14. The first kappa shape index (κ1) is 11.9. The van der Waals surface area contributed by atoms with Crippen molar-refractivity contribution in [2.75, 3.05) is 13.1 Å². The lowest BCUT2D eigenvalue weighted by atomic mass is 9.94. The lowest BCUT2D eigenvalue weighted by molar-refractivity contribution is -0.135. The maximum atomic E-state index is 12.2. The van der Waals surface area contributed by atoms with E-state index in [9.17, 15) is 9.90 Å². The Labute approximate surface area is 96.8 Å². The molecule has 0 aromatic rings. The van der Waals surface area contributed by atoms with Crippen LogP contribution in [0.4, 0.5) is 0 Å². The van der Waals surface area contributed by atoms with Crippen molar-refractivity contribution in [3.05, 3.63) is 0 Å². The zero-order chi connectivity index (χ0) is 11.5. The molecule has 1 saturated heterocycles. The third kappa shape index (κ3) is 2.55. The zero-order valence-corrected chi connectivity index (χ0v) is 9.77. The van der Waals surface area contributed by atoms with Crippen molar-refractivity contribution in [1.82, 2.24) is 4.90 Å². The van der Waals surface area contributed by atoms with E-state index in [4.69, 9.17) is 5.73 Å². The molecule has 3 atom stereocenters. The number of rotatable bonds is 1. The summed E-state index contributed by atoms with van der Waals surface area (Å²) in [5.41, 5.74) is 6.07. The molecular formula is C12H22N2O2. The van der Waals surface area contributed by atoms with Gasteiger partial charge in [-0.3, -0.25) is 4.79 Å². The van der Waals surface area contributed by atoms with Crippen LogP contribution in [-0.2, 0) is 4.79 Å². The number of nitrogens with two attached hydrogens (primary N) is 1. The van der Waals surface area contributed by atoms with Crippen LogP contribution in [-0.4, -0.2) is 41.1 Å². The van der Waals surface area contributed by atoms with Gasteiger partial charge in [-0.2, -0.15) is 0 Å². The Morgan fingerprint density at radius 2 is 1.94 bits per heavy atom. The summed E-state index contributed by atoms with van der Waals surface area (Å²) in [6.45, 7) is 1.20. The molecule has 0 bridgehead atoms. The standard InChI is InChI=1S/C12H22N2O2/c13-11-5-3-1-2-4-10(11)12(16)14-7-6-9(15)8-14/h9-11,15H,1-8,13H2/t9-,10?,11?/m0/s1. The van der Waals surface area contributed by atoms with Crippen LogP contribution in [0.25, 0.3) is 0 Å². The summed E-state index contributed by atoms with van der Waals surface area (Å²) in [6.07, 6.45) is 5.73. The minimum absolute atomic E-state index is 0.00667. The van der Waals surface area contributed by atoms with Gasteiger partial charge >= 0.3 is 0 Å². The smallest absolute Gasteiger partial charge is 0.227 e. The molecule has 0 radical (unpaired) electrons. The average Bonchev–Trinajstić information content (AvgIpc) is 2.57. The highest BCUT2D eigenvalue weighted by atomic mass is 16.3. The number of nitrogens with zero attached hydrogens (tertiary/aromatic N) is 1. The van der Waals surface area contributed by atoms with E-state index >= 15 is 0 Å². The van der Waals surface area contributed by atoms with Crippen LogP contribution in [0.5, 0.6) is 0 Å². The Hall–Kier alpha value is -0.610. The summed E-state index contributed by atoms with van der Waals surface area (Å²) >= 11 is 0. The van der Waals surface area contributed by atoms with Gasteiger partial charge in [-0.15, -0.1) is 0 Å². The van der Waals surface area contributed by atoms with Crippen molar-refractivity contribution in [2.45, 2.75) is 50.7 Å². The van der Waals surface area contributed by atoms with E-state index in [1.807, 2.05) is 0 Å². The molecule has 3 N–H and O–H groups in total. The van der Waals surface area contributed by atoms with E-state index in [1.54, 1.807) is 4.90 Å². The molecule has 0 aromatic heterocycles. The third-order valence-corrected chi connectivity index (χ3v) is 3.86. The second kappa shape index (κ2) is 5.15. The van der Waals surface area contributed by atoms with Gasteiger partial charge in [-0.1, -0.05) is 19.3 Å². The molecule has 1 aliphatic heterocycles. The molecular weight excluding hydrogens is 204 g/mol. The summed E-state index contributed by atoms with van der Waals surface area (Å²) in [4.78, 5) is 14.0. The molecule has 1 aliphatic carbocycles. The van der Waals surface area contributed by atoms with Gasteiger partial charge in [0, 0.05) is 19.1 Å². The Kier molecular flexibility index (Phi) is 3.82. The number of aliphatic hydroxyl groups excluding tert-OH is 1. The second-order valence-corrected chi connectivity index (χ2v) is 5.14. The fourth-order valence-corrected chi connectivity index (χ4v) is 2.82. The Morgan fingerprint density at radius 3 is 2.62 bits per heavy atom. The lowest BCUT2D eigenvalue weighted by Crippen LogP contribution is -2.43. The molecule has 92 valence electrons. The predicted molar refractivity (Wildman–Crippen MR) is 61.8 cm³/mol. The molecule has 1 heterocycles. The lowest BCUT2D eigenvalue weighted by Gasteiger charge is -2.26. The van der Waals surface area contributed by atoms with Gasteiger partial charge in [0.1, 0.15) is 0 Å². The van der Waals surface area contributed by atoms with E-state index < -0.39 is 0 Å². The molecule has 0 spiro atoms. The van der Waals surface area contributed by atoms with Crippen molar-refractivity contribution in [3.63, 3.8) is 0 Å². The molecule has 1 saturated carbocycles. The first-order chi connectivity index (χ1) is 7.68. The molecule has 2 unspecified atom stereocenters. The summed E-state index contributed by atoms with van der Waals surface area (Å²) in [5.74, 6) is 0.166. The molecule has 2 aliphatic rings. The van der Waals surface area contributed by atoms with Gasteiger partial charge < -0.3 is 15.7 Å².